The van der Waals surface area contributed by atoms with Crippen molar-refractivity contribution in [2.24, 2.45) is 0 Å². The maximum Gasteiger partial charge on any atom is 0.319 e. The third kappa shape index (κ3) is 8.72. The van der Waals surface area contributed by atoms with Gasteiger partial charge in [-0.15, -0.1) is 11.8 Å². The first-order valence-corrected chi connectivity index (χ1v) is 16.5. The summed E-state index contributed by atoms with van der Waals surface area (Å²) in [5.41, 5.74) is 3.38. The number of aryl methyl sites for hydroxylation is 1. The quantitative estimate of drug-likeness (QED) is 0.161. The zero-order valence-electron chi connectivity index (χ0n) is 26.7. The normalized spacial score (nSPS) is 16.5. The third-order valence-corrected chi connectivity index (χ3v) is 9.51. The predicted octanol–water partition coefficient (Wildman–Crippen LogP) is 5.88. The van der Waals surface area contributed by atoms with Crippen molar-refractivity contribution in [1.29, 1.82) is 0 Å². The van der Waals surface area contributed by atoms with Crippen LogP contribution in [0.3, 0.4) is 0 Å². The van der Waals surface area contributed by atoms with Gasteiger partial charge >= 0.3 is 6.03 Å². The second-order valence-corrected chi connectivity index (χ2v) is 13.6. The van der Waals surface area contributed by atoms with Crippen LogP contribution < -0.4 is 20.7 Å². The van der Waals surface area contributed by atoms with Gasteiger partial charge in [0.1, 0.15) is 17.5 Å². The van der Waals surface area contributed by atoms with E-state index < -0.39 is 34.9 Å². The number of carbonyl (C=O) groups is 3. The lowest BCUT2D eigenvalue weighted by molar-refractivity contribution is -0.147. The lowest BCUT2D eigenvalue weighted by atomic mass is 9.97. The van der Waals surface area contributed by atoms with Gasteiger partial charge in [-0.1, -0.05) is 72.8 Å². The van der Waals surface area contributed by atoms with E-state index >= 15 is 0 Å². The summed E-state index contributed by atoms with van der Waals surface area (Å²) in [6.45, 7) is 6.14. The molecule has 4 N–H and O–H groups in total. The van der Waals surface area contributed by atoms with Crippen LogP contribution in [-0.2, 0) is 22.6 Å². The molecule has 0 radical (unpaired) electrons. The molecule has 4 amide bonds. The maximum absolute atomic E-state index is 13.9. The maximum atomic E-state index is 13.9. The van der Waals surface area contributed by atoms with E-state index in [4.69, 9.17) is 4.74 Å². The standard InChI is InChI=1S/C37H40N4O5S/c1-25-12-10-11-15-27(25)23-38-34(43)33-37(2,3)47-24-41(33)35(44)32(42)31(22-26-13-6-4-7-14-26)40-36(45)39-28-18-20-30(21-19-28)46-29-16-8-5-9-17-29/h4-21,31-33,42H,22-24H2,1-3H3,(H,38,43)(H2,39,40,45). The minimum absolute atomic E-state index is 0.194. The first-order chi connectivity index (χ1) is 22.6. The smallest absolute Gasteiger partial charge is 0.319 e. The molecule has 1 aliphatic heterocycles. The van der Waals surface area contributed by atoms with Crippen molar-refractivity contribution in [3.63, 3.8) is 0 Å². The molecule has 5 rings (SSSR count). The molecule has 3 unspecified atom stereocenters. The number of thioether (sulfide) groups is 1. The molecule has 9 nitrogen and oxygen atoms in total. The van der Waals surface area contributed by atoms with Crippen LogP contribution in [0.4, 0.5) is 10.5 Å². The summed E-state index contributed by atoms with van der Waals surface area (Å²) < 4.78 is 5.23. The Morgan fingerprint density at radius 2 is 1.51 bits per heavy atom. The number of para-hydroxylation sites is 1. The van der Waals surface area contributed by atoms with Gasteiger partial charge in [-0.05, 0) is 80.3 Å². The molecule has 1 saturated heterocycles. The van der Waals surface area contributed by atoms with Crippen LogP contribution in [0.25, 0.3) is 0 Å². The summed E-state index contributed by atoms with van der Waals surface area (Å²) in [7, 11) is 0. The minimum Gasteiger partial charge on any atom is -0.457 e. The van der Waals surface area contributed by atoms with E-state index in [0.29, 0.717) is 23.7 Å². The number of urea groups is 1. The first-order valence-electron chi connectivity index (χ1n) is 15.5. The zero-order valence-corrected chi connectivity index (χ0v) is 27.5. The van der Waals surface area contributed by atoms with E-state index in [1.54, 1.807) is 24.3 Å². The van der Waals surface area contributed by atoms with Gasteiger partial charge in [0.25, 0.3) is 5.91 Å². The molecule has 1 aliphatic rings. The molecule has 0 spiro atoms. The second kappa shape index (κ2) is 15.2. The highest BCUT2D eigenvalue weighted by Gasteiger charge is 2.49. The van der Waals surface area contributed by atoms with Crippen LogP contribution >= 0.6 is 11.8 Å². The van der Waals surface area contributed by atoms with Crippen LogP contribution in [0.1, 0.15) is 30.5 Å². The van der Waals surface area contributed by atoms with E-state index in [2.05, 4.69) is 16.0 Å². The summed E-state index contributed by atoms with van der Waals surface area (Å²) in [6, 6.07) is 31.0. The molecule has 4 aromatic carbocycles. The number of amides is 4. The van der Waals surface area contributed by atoms with E-state index in [1.807, 2.05) is 106 Å². The van der Waals surface area contributed by atoms with E-state index in [0.717, 1.165) is 16.7 Å². The molecule has 47 heavy (non-hydrogen) atoms. The summed E-state index contributed by atoms with van der Waals surface area (Å²) >= 11 is 1.47. The number of nitrogens with zero attached hydrogens (tertiary/aromatic N) is 1. The number of hydrogen-bond donors (Lipinski definition) is 4. The van der Waals surface area contributed by atoms with Crippen molar-refractivity contribution in [1.82, 2.24) is 15.5 Å². The largest absolute Gasteiger partial charge is 0.457 e. The Morgan fingerprint density at radius 1 is 0.894 bits per heavy atom. The molecule has 3 atom stereocenters. The Bertz CT molecular complexity index is 1670. The molecule has 244 valence electrons. The van der Waals surface area contributed by atoms with Gasteiger partial charge in [0.2, 0.25) is 5.91 Å². The molecular formula is C37H40N4O5S. The number of anilines is 1. The number of hydrogen-bond acceptors (Lipinski definition) is 6. The highest BCUT2D eigenvalue weighted by atomic mass is 32.2. The van der Waals surface area contributed by atoms with Crippen molar-refractivity contribution in [2.75, 3.05) is 11.2 Å². The Labute approximate surface area is 279 Å². The van der Waals surface area contributed by atoms with Crippen LogP contribution in [0.5, 0.6) is 11.5 Å². The fourth-order valence-corrected chi connectivity index (χ4v) is 6.66. The number of ether oxygens (including phenoxy) is 1. The predicted molar refractivity (Wildman–Crippen MR) is 185 cm³/mol. The molecule has 10 heteroatoms. The Balaban J connectivity index is 1.28. The lowest BCUT2D eigenvalue weighted by Gasteiger charge is -2.33. The van der Waals surface area contributed by atoms with Gasteiger partial charge < -0.3 is 30.7 Å². The molecule has 1 fully saturated rings. The summed E-state index contributed by atoms with van der Waals surface area (Å²) in [5.74, 6) is 0.609. The average molecular weight is 653 g/mol. The van der Waals surface area contributed by atoms with Gasteiger partial charge in [0, 0.05) is 17.0 Å². The van der Waals surface area contributed by atoms with Gasteiger partial charge in [-0.2, -0.15) is 0 Å². The Morgan fingerprint density at radius 3 is 2.19 bits per heavy atom. The number of nitrogens with one attached hydrogen (secondary N) is 3. The van der Waals surface area contributed by atoms with Gasteiger partial charge in [0.05, 0.1) is 11.9 Å². The first kappa shape index (κ1) is 33.6. The van der Waals surface area contributed by atoms with E-state index in [9.17, 15) is 19.5 Å². The van der Waals surface area contributed by atoms with Crippen LogP contribution in [0.2, 0.25) is 0 Å². The highest BCUT2D eigenvalue weighted by molar-refractivity contribution is 8.00. The third-order valence-electron chi connectivity index (χ3n) is 8.13. The fraction of sp³-hybridized carbons (Fsp3) is 0.270. The molecule has 1 heterocycles. The second-order valence-electron chi connectivity index (χ2n) is 12.0. The van der Waals surface area contributed by atoms with Crippen molar-refractivity contribution < 1.29 is 24.2 Å². The zero-order chi connectivity index (χ0) is 33.4. The van der Waals surface area contributed by atoms with Crippen molar-refractivity contribution in [2.45, 2.75) is 56.7 Å². The van der Waals surface area contributed by atoms with Crippen molar-refractivity contribution in [3.8, 4) is 11.5 Å². The SMILES string of the molecule is Cc1ccccc1CNC(=O)C1N(C(=O)C(O)C(Cc2ccccc2)NC(=O)Nc2ccc(Oc3ccccc3)cc2)CSC1(C)C. The fourth-order valence-electron chi connectivity index (χ4n) is 5.52. The van der Waals surface area contributed by atoms with Crippen LogP contribution in [0.15, 0.2) is 109 Å². The summed E-state index contributed by atoms with van der Waals surface area (Å²) in [5, 5.41) is 20.1. The number of aliphatic hydroxyl groups is 1. The van der Waals surface area contributed by atoms with Crippen molar-refractivity contribution >= 4 is 35.3 Å². The molecule has 0 aliphatic carbocycles. The van der Waals surface area contributed by atoms with Crippen molar-refractivity contribution in [3.05, 3.63) is 126 Å². The minimum atomic E-state index is -1.61. The van der Waals surface area contributed by atoms with E-state index in [1.165, 1.54) is 16.7 Å². The topological polar surface area (TPSA) is 120 Å². The summed E-state index contributed by atoms with van der Waals surface area (Å²) in [4.78, 5) is 42.1. The van der Waals surface area contributed by atoms with Crippen LogP contribution in [-0.4, -0.2) is 56.7 Å². The average Bonchev–Trinajstić information content (AvgIpc) is 3.39. The molecular weight excluding hydrogens is 612 g/mol. The molecule has 0 aromatic heterocycles. The van der Waals surface area contributed by atoms with Gasteiger partial charge in [-0.25, -0.2) is 4.79 Å². The molecule has 0 bridgehead atoms. The Kier molecular flexibility index (Phi) is 10.8. The summed E-state index contributed by atoms with van der Waals surface area (Å²) in [6.07, 6.45) is -1.41. The number of rotatable bonds is 11. The monoisotopic (exact) mass is 652 g/mol. The van der Waals surface area contributed by atoms with Crippen LogP contribution in [0, 0.1) is 6.92 Å². The lowest BCUT2D eigenvalue weighted by Crippen LogP contribution is -2.59. The number of aliphatic hydroxyl groups excluding tert-OH is 1. The highest BCUT2D eigenvalue weighted by Crippen LogP contribution is 2.40. The molecule has 0 saturated carbocycles. The Hall–Kier alpha value is -4.80. The number of carbonyl (C=O) groups excluding carboxylic acids is 3. The van der Waals surface area contributed by atoms with Gasteiger partial charge in [-0.3, -0.25) is 9.59 Å². The molecule has 4 aromatic rings. The van der Waals surface area contributed by atoms with E-state index in [-0.39, 0.29) is 18.2 Å². The number of benzene rings is 4. The van der Waals surface area contributed by atoms with Gasteiger partial charge in [0.15, 0.2) is 6.10 Å².